The van der Waals surface area contributed by atoms with E-state index in [0.717, 1.165) is 35.1 Å². The molecule has 0 bridgehead atoms. The molecule has 2 heterocycles. The molecule has 1 aliphatic heterocycles. The zero-order chi connectivity index (χ0) is 13.6. The molecule has 2 aromatic rings. The van der Waals surface area contributed by atoms with Crippen molar-refractivity contribution in [3.63, 3.8) is 0 Å². The van der Waals surface area contributed by atoms with Gasteiger partial charge in [-0.3, -0.25) is 0 Å². The first kappa shape index (κ1) is 12.5. The Morgan fingerprint density at radius 2 is 2.16 bits per heavy atom. The predicted molar refractivity (Wildman–Crippen MR) is 79.6 cm³/mol. The summed E-state index contributed by atoms with van der Waals surface area (Å²) in [6.45, 7) is 7.46. The molecule has 3 rings (SSSR count). The van der Waals surface area contributed by atoms with Crippen LogP contribution in [0.25, 0.3) is 5.69 Å². The SMILES string of the molecule is Cc1cc(Cl)ccc1-n1nc(C(C)C)c2c1NCC2. The largest absolute Gasteiger partial charge is 0.369 e. The van der Waals surface area contributed by atoms with E-state index in [9.17, 15) is 0 Å². The summed E-state index contributed by atoms with van der Waals surface area (Å²) in [7, 11) is 0. The normalized spacial score (nSPS) is 13.7. The average molecular weight is 276 g/mol. The van der Waals surface area contributed by atoms with E-state index in [1.54, 1.807) is 0 Å². The molecule has 1 aromatic heterocycles. The van der Waals surface area contributed by atoms with Crippen LogP contribution in [-0.4, -0.2) is 16.3 Å². The van der Waals surface area contributed by atoms with Gasteiger partial charge in [-0.15, -0.1) is 0 Å². The molecule has 0 saturated carbocycles. The first-order valence-electron chi connectivity index (χ1n) is 6.70. The fraction of sp³-hybridized carbons (Fsp3) is 0.400. The van der Waals surface area contributed by atoms with Gasteiger partial charge in [0, 0.05) is 17.1 Å². The number of hydrogen-bond acceptors (Lipinski definition) is 2. The Bertz CT molecular complexity index is 629. The van der Waals surface area contributed by atoms with E-state index in [4.69, 9.17) is 16.7 Å². The Morgan fingerprint density at radius 1 is 1.37 bits per heavy atom. The van der Waals surface area contributed by atoms with Gasteiger partial charge in [-0.05, 0) is 43.0 Å². The minimum Gasteiger partial charge on any atom is -0.369 e. The molecule has 0 amide bonds. The zero-order valence-electron chi connectivity index (χ0n) is 11.5. The fourth-order valence-corrected chi connectivity index (χ4v) is 2.92. The number of benzene rings is 1. The van der Waals surface area contributed by atoms with Crippen molar-refractivity contribution in [1.82, 2.24) is 9.78 Å². The molecule has 1 N–H and O–H groups in total. The van der Waals surface area contributed by atoms with Crippen LogP contribution in [-0.2, 0) is 6.42 Å². The highest BCUT2D eigenvalue weighted by atomic mass is 35.5. The van der Waals surface area contributed by atoms with Gasteiger partial charge in [-0.25, -0.2) is 4.68 Å². The van der Waals surface area contributed by atoms with Crippen molar-refractivity contribution < 1.29 is 0 Å². The van der Waals surface area contributed by atoms with Crippen LogP contribution in [0.15, 0.2) is 18.2 Å². The summed E-state index contributed by atoms with van der Waals surface area (Å²) in [5.41, 5.74) is 4.81. The number of nitrogens with one attached hydrogen (secondary N) is 1. The lowest BCUT2D eigenvalue weighted by Crippen LogP contribution is -2.06. The van der Waals surface area contributed by atoms with Gasteiger partial charge in [-0.2, -0.15) is 5.10 Å². The van der Waals surface area contributed by atoms with Crippen molar-refractivity contribution in [1.29, 1.82) is 0 Å². The molecule has 3 nitrogen and oxygen atoms in total. The Balaban J connectivity index is 2.18. The highest BCUT2D eigenvalue weighted by molar-refractivity contribution is 6.30. The summed E-state index contributed by atoms with van der Waals surface area (Å²) in [5.74, 6) is 1.59. The number of aryl methyl sites for hydroxylation is 1. The molecule has 4 heteroatoms. The zero-order valence-corrected chi connectivity index (χ0v) is 12.3. The summed E-state index contributed by atoms with van der Waals surface area (Å²) >= 11 is 6.03. The molecule has 0 fully saturated rings. The van der Waals surface area contributed by atoms with E-state index in [2.05, 4.69) is 26.1 Å². The minimum atomic E-state index is 0.447. The molecule has 1 aliphatic rings. The van der Waals surface area contributed by atoms with Gasteiger partial charge < -0.3 is 5.32 Å². The molecule has 0 atom stereocenters. The monoisotopic (exact) mass is 275 g/mol. The van der Waals surface area contributed by atoms with E-state index >= 15 is 0 Å². The molecular weight excluding hydrogens is 258 g/mol. The van der Waals surface area contributed by atoms with Crippen molar-refractivity contribution in [3.05, 3.63) is 40.0 Å². The highest BCUT2D eigenvalue weighted by Gasteiger charge is 2.24. The summed E-state index contributed by atoms with van der Waals surface area (Å²) < 4.78 is 2.03. The van der Waals surface area contributed by atoms with Crippen molar-refractivity contribution >= 4 is 17.4 Å². The predicted octanol–water partition coefficient (Wildman–Crippen LogP) is 3.93. The van der Waals surface area contributed by atoms with E-state index in [-0.39, 0.29) is 0 Å². The lowest BCUT2D eigenvalue weighted by Gasteiger charge is -2.10. The Hall–Kier alpha value is -1.48. The molecule has 1 aromatic carbocycles. The van der Waals surface area contributed by atoms with E-state index < -0.39 is 0 Å². The van der Waals surface area contributed by atoms with Crippen LogP contribution in [0.5, 0.6) is 0 Å². The van der Waals surface area contributed by atoms with Crippen molar-refractivity contribution in [2.24, 2.45) is 0 Å². The van der Waals surface area contributed by atoms with Crippen molar-refractivity contribution in [2.45, 2.75) is 33.1 Å². The van der Waals surface area contributed by atoms with E-state index in [1.807, 2.05) is 22.9 Å². The van der Waals surface area contributed by atoms with Crippen LogP contribution in [0.4, 0.5) is 5.82 Å². The number of nitrogens with zero attached hydrogens (tertiary/aromatic N) is 2. The van der Waals surface area contributed by atoms with Crippen LogP contribution in [0.2, 0.25) is 5.02 Å². The Labute approximate surface area is 118 Å². The maximum atomic E-state index is 6.03. The first-order valence-corrected chi connectivity index (χ1v) is 7.08. The number of fused-ring (bicyclic) bond motifs is 1. The molecule has 0 spiro atoms. The molecule has 19 heavy (non-hydrogen) atoms. The van der Waals surface area contributed by atoms with Crippen LogP contribution in [0, 0.1) is 6.92 Å². The number of anilines is 1. The lowest BCUT2D eigenvalue weighted by atomic mass is 10.1. The van der Waals surface area contributed by atoms with Crippen molar-refractivity contribution in [3.8, 4) is 5.69 Å². The van der Waals surface area contributed by atoms with Crippen LogP contribution >= 0.6 is 11.6 Å². The van der Waals surface area contributed by atoms with Gasteiger partial charge in [-0.1, -0.05) is 25.4 Å². The third-order valence-electron chi connectivity index (χ3n) is 3.62. The van der Waals surface area contributed by atoms with Gasteiger partial charge in [0.1, 0.15) is 5.82 Å². The Kier molecular flexibility index (Phi) is 3.02. The molecule has 0 radical (unpaired) electrons. The lowest BCUT2D eigenvalue weighted by molar-refractivity contribution is 0.755. The summed E-state index contributed by atoms with van der Waals surface area (Å²) in [4.78, 5) is 0. The van der Waals surface area contributed by atoms with Crippen LogP contribution < -0.4 is 5.32 Å². The summed E-state index contributed by atoms with van der Waals surface area (Å²) in [6.07, 6.45) is 1.06. The Morgan fingerprint density at radius 3 is 2.84 bits per heavy atom. The third kappa shape index (κ3) is 2.02. The second-order valence-corrected chi connectivity index (χ2v) is 5.82. The molecular formula is C15H18ClN3. The topological polar surface area (TPSA) is 29.9 Å². The number of halogens is 1. The average Bonchev–Trinajstić information content (AvgIpc) is 2.90. The van der Waals surface area contributed by atoms with Gasteiger partial charge in [0.05, 0.1) is 11.4 Å². The number of rotatable bonds is 2. The highest BCUT2D eigenvalue weighted by Crippen LogP contribution is 2.33. The van der Waals surface area contributed by atoms with Crippen molar-refractivity contribution in [2.75, 3.05) is 11.9 Å². The number of hydrogen-bond donors (Lipinski definition) is 1. The maximum absolute atomic E-state index is 6.03. The van der Waals surface area contributed by atoms with E-state index in [0.29, 0.717) is 5.92 Å². The first-order chi connectivity index (χ1) is 9.08. The van der Waals surface area contributed by atoms with Gasteiger partial charge in [0.2, 0.25) is 0 Å². The summed E-state index contributed by atoms with van der Waals surface area (Å²) in [5, 5.41) is 9.02. The van der Waals surface area contributed by atoms with Gasteiger partial charge in [0.25, 0.3) is 0 Å². The smallest absolute Gasteiger partial charge is 0.133 e. The standard InChI is InChI=1S/C15H18ClN3/c1-9(2)14-12-6-7-17-15(12)19(18-14)13-5-4-11(16)8-10(13)3/h4-5,8-9,17H,6-7H2,1-3H3. The molecule has 0 saturated heterocycles. The molecule has 0 aliphatic carbocycles. The van der Waals surface area contributed by atoms with Gasteiger partial charge in [0.15, 0.2) is 0 Å². The minimum absolute atomic E-state index is 0.447. The van der Waals surface area contributed by atoms with Crippen LogP contribution in [0.1, 0.15) is 36.6 Å². The van der Waals surface area contributed by atoms with E-state index in [1.165, 1.54) is 11.3 Å². The fourth-order valence-electron chi connectivity index (χ4n) is 2.70. The maximum Gasteiger partial charge on any atom is 0.133 e. The molecule has 100 valence electrons. The second kappa shape index (κ2) is 4.57. The van der Waals surface area contributed by atoms with Crippen LogP contribution in [0.3, 0.4) is 0 Å². The quantitative estimate of drug-likeness (QED) is 0.900. The second-order valence-electron chi connectivity index (χ2n) is 5.39. The number of aromatic nitrogens is 2. The third-order valence-corrected chi connectivity index (χ3v) is 3.85. The van der Waals surface area contributed by atoms with Gasteiger partial charge >= 0.3 is 0 Å². The summed E-state index contributed by atoms with van der Waals surface area (Å²) in [6, 6.07) is 5.94. The molecule has 0 unspecified atom stereocenters.